The van der Waals surface area contributed by atoms with Crippen molar-refractivity contribution in [3.8, 4) is 0 Å². The van der Waals surface area contributed by atoms with Gasteiger partial charge in [0.05, 0.1) is 0 Å². The average Bonchev–Trinajstić information content (AvgIpc) is 2.42. The second kappa shape index (κ2) is 7.25. The smallest absolute Gasteiger partial charge is 0.317 e. The maximum Gasteiger partial charge on any atom is 0.317 e. The number of carbonyl (C=O) groups excluding carboxylic acids is 2. The molecule has 1 aromatic rings. The molecule has 6 nitrogen and oxygen atoms in total. The Morgan fingerprint density at radius 2 is 1.68 bits per heavy atom. The van der Waals surface area contributed by atoms with E-state index in [1.54, 1.807) is 21.1 Å². The number of urea groups is 2. The molecular weight excluding hydrogens is 244 g/mol. The van der Waals surface area contributed by atoms with E-state index < -0.39 is 0 Å². The summed E-state index contributed by atoms with van der Waals surface area (Å²) in [5.41, 5.74) is 1.98. The van der Waals surface area contributed by atoms with E-state index in [0.717, 1.165) is 11.1 Å². The fourth-order valence-electron chi connectivity index (χ4n) is 1.46. The summed E-state index contributed by atoms with van der Waals surface area (Å²) < 4.78 is 0. The minimum absolute atomic E-state index is 0.131. The van der Waals surface area contributed by atoms with Gasteiger partial charge in [-0.25, -0.2) is 9.59 Å². The van der Waals surface area contributed by atoms with Crippen LogP contribution in [0.2, 0.25) is 0 Å². The number of benzene rings is 1. The first-order valence-electron chi connectivity index (χ1n) is 6.01. The molecule has 0 heterocycles. The SMILES string of the molecule is CNC(=O)NCc1cccc(CNC(=O)N(C)C)c1. The van der Waals surface area contributed by atoms with Crippen LogP contribution in [-0.4, -0.2) is 38.1 Å². The van der Waals surface area contributed by atoms with Crippen LogP contribution in [0.15, 0.2) is 24.3 Å². The Morgan fingerprint density at radius 3 is 2.21 bits per heavy atom. The highest BCUT2D eigenvalue weighted by atomic mass is 16.2. The van der Waals surface area contributed by atoms with Crippen LogP contribution in [0.4, 0.5) is 9.59 Å². The molecule has 0 spiro atoms. The van der Waals surface area contributed by atoms with Crippen LogP contribution >= 0.6 is 0 Å². The van der Waals surface area contributed by atoms with Crippen molar-refractivity contribution >= 4 is 12.1 Å². The number of rotatable bonds is 4. The van der Waals surface area contributed by atoms with Crippen LogP contribution in [0, 0.1) is 0 Å². The van der Waals surface area contributed by atoms with Gasteiger partial charge in [0.1, 0.15) is 0 Å². The summed E-state index contributed by atoms with van der Waals surface area (Å²) in [6, 6.07) is 7.36. The van der Waals surface area contributed by atoms with Crippen LogP contribution in [0.25, 0.3) is 0 Å². The predicted octanol–water partition coefficient (Wildman–Crippen LogP) is 0.887. The lowest BCUT2D eigenvalue weighted by molar-refractivity contribution is 0.217. The van der Waals surface area contributed by atoms with Gasteiger partial charge in [-0.15, -0.1) is 0 Å². The van der Waals surface area contributed by atoms with Crippen LogP contribution in [0.5, 0.6) is 0 Å². The van der Waals surface area contributed by atoms with E-state index in [4.69, 9.17) is 0 Å². The van der Waals surface area contributed by atoms with Crippen molar-refractivity contribution < 1.29 is 9.59 Å². The van der Waals surface area contributed by atoms with Gasteiger partial charge in [-0.1, -0.05) is 24.3 Å². The molecule has 3 N–H and O–H groups in total. The first-order chi connectivity index (χ1) is 9.02. The molecular formula is C13H20N4O2. The molecule has 0 aromatic heterocycles. The summed E-state index contributed by atoms with van der Waals surface area (Å²) in [4.78, 5) is 24.0. The molecule has 0 aliphatic carbocycles. The molecule has 1 aromatic carbocycles. The Kier molecular flexibility index (Phi) is 5.66. The Balaban J connectivity index is 2.52. The summed E-state index contributed by atoms with van der Waals surface area (Å²) in [5, 5.41) is 7.99. The number of carbonyl (C=O) groups is 2. The molecule has 6 heteroatoms. The molecule has 4 amide bonds. The zero-order valence-electron chi connectivity index (χ0n) is 11.5. The molecule has 0 saturated heterocycles. The lowest BCUT2D eigenvalue weighted by atomic mass is 10.1. The van der Waals surface area contributed by atoms with Crippen LogP contribution in [0.3, 0.4) is 0 Å². The van der Waals surface area contributed by atoms with Crippen LogP contribution in [-0.2, 0) is 13.1 Å². The lowest BCUT2D eigenvalue weighted by Gasteiger charge is -2.12. The van der Waals surface area contributed by atoms with Gasteiger partial charge < -0.3 is 20.9 Å². The van der Waals surface area contributed by atoms with Crippen LogP contribution in [0.1, 0.15) is 11.1 Å². The third-order valence-electron chi connectivity index (χ3n) is 2.52. The molecule has 0 aliphatic heterocycles. The van der Waals surface area contributed by atoms with Crippen molar-refractivity contribution in [3.63, 3.8) is 0 Å². The van der Waals surface area contributed by atoms with Gasteiger partial charge in [0.2, 0.25) is 0 Å². The lowest BCUT2D eigenvalue weighted by Crippen LogP contribution is -2.34. The highest BCUT2D eigenvalue weighted by molar-refractivity contribution is 5.73. The summed E-state index contributed by atoms with van der Waals surface area (Å²) >= 11 is 0. The van der Waals surface area contributed by atoms with E-state index >= 15 is 0 Å². The summed E-state index contributed by atoms with van der Waals surface area (Å²) in [7, 11) is 4.96. The van der Waals surface area contributed by atoms with E-state index in [9.17, 15) is 9.59 Å². The minimum Gasteiger partial charge on any atom is -0.341 e. The van der Waals surface area contributed by atoms with Crippen molar-refractivity contribution in [2.75, 3.05) is 21.1 Å². The monoisotopic (exact) mass is 264 g/mol. The Morgan fingerprint density at radius 1 is 1.11 bits per heavy atom. The number of amides is 4. The van der Waals surface area contributed by atoms with Crippen molar-refractivity contribution in [1.82, 2.24) is 20.9 Å². The van der Waals surface area contributed by atoms with Crippen molar-refractivity contribution in [2.24, 2.45) is 0 Å². The van der Waals surface area contributed by atoms with E-state index in [-0.39, 0.29) is 12.1 Å². The standard InChI is InChI=1S/C13H20N4O2/c1-14-12(18)15-8-10-5-4-6-11(7-10)9-16-13(19)17(2)3/h4-7H,8-9H2,1-3H3,(H,16,19)(H2,14,15,18). The minimum atomic E-state index is -0.216. The van der Waals surface area contributed by atoms with Gasteiger partial charge in [-0.05, 0) is 11.1 Å². The molecule has 0 atom stereocenters. The summed E-state index contributed by atoms with van der Waals surface area (Å²) in [6.45, 7) is 0.917. The van der Waals surface area contributed by atoms with Gasteiger partial charge >= 0.3 is 12.1 Å². The quantitative estimate of drug-likeness (QED) is 0.755. The van der Waals surface area contributed by atoms with Gasteiger partial charge in [-0.3, -0.25) is 0 Å². The van der Waals surface area contributed by atoms with E-state index in [1.165, 1.54) is 4.90 Å². The molecule has 1 rings (SSSR count). The zero-order chi connectivity index (χ0) is 14.3. The van der Waals surface area contributed by atoms with Gasteiger partial charge in [0.25, 0.3) is 0 Å². The fourth-order valence-corrected chi connectivity index (χ4v) is 1.46. The molecule has 0 saturated carbocycles. The van der Waals surface area contributed by atoms with Gasteiger partial charge in [-0.2, -0.15) is 0 Å². The molecule has 0 fully saturated rings. The topological polar surface area (TPSA) is 73.5 Å². The Hall–Kier alpha value is -2.24. The molecule has 0 radical (unpaired) electrons. The Bertz CT molecular complexity index is 446. The van der Waals surface area contributed by atoms with Gasteiger partial charge in [0, 0.05) is 34.2 Å². The Labute approximate surface area is 113 Å². The highest BCUT2D eigenvalue weighted by Crippen LogP contribution is 2.05. The summed E-state index contributed by atoms with van der Waals surface area (Å²) in [5.74, 6) is 0. The number of hydrogen-bond acceptors (Lipinski definition) is 2. The third kappa shape index (κ3) is 5.29. The first kappa shape index (κ1) is 14.8. The number of nitrogens with one attached hydrogen (secondary N) is 3. The largest absolute Gasteiger partial charge is 0.341 e. The number of nitrogens with zero attached hydrogens (tertiary/aromatic N) is 1. The summed E-state index contributed by atoms with van der Waals surface area (Å²) in [6.07, 6.45) is 0. The van der Waals surface area contributed by atoms with Crippen LogP contribution < -0.4 is 16.0 Å². The second-order valence-corrected chi connectivity index (χ2v) is 4.31. The maximum absolute atomic E-state index is 11.4. The second-order valence-electron chi connectivity index (χ2n) is 4.31. The van der Waals surface area contributed by atoms with E-state index in [2.05, 4.69) is 16.0 Å². The fraction of sp³-hybridized carbons (Fsp3) is 0.385. The third-order valence-corrected chi connectivity index (χ3v) is 2.52. The zero-order valence-corrected chi connectivity index (χ0v) is 11.5. The molecule has 104 valence electrons. The average molecular weight is 264 g/mol. The van der Waals surface area contributed by atoms with E-state index in [0.29, 0.717) is 13.1 Å². The molecule has 0 bridgehead atoms. The van der Waals surface area contributed by atoms with Crippen molar-refractivity contribution in [1.29, 1.82) is 0 Å². The first-order valence-corrected chi connectivity index (χ1v) is 6.01. The van der Waals surface area contributed by atoms with Crippen molar-refractivity contribution in [3.05, 3.63) is 35.4 Å². The normalized spacial score (nSPS) is 9.63. The molecule has 0 aliphatic rings. The number of hydrogen-bond donors (Lipinski definition) is 3. The molecule has 0 unspecified atom stereocenters. The maximum atomic E-state index is 11.4. The molecule has 19 heavy (non-hydrogen) atoms. The van der Waals surface area contributed by atoms with Crippen molar-refractivity contribution in [2.45, 2.75) is 13.1 Å². The highest BCUT2D eigenvalue weighted by Gasteiger charge is 2.03. The predicted molar refractivity (Wildman–Crippen MR) is 73.7 cm³/mol. The van der Waals surface area contributed by atoms with E-state index in [1.807, 2.05) is 24.3 Å². The van der Waals surface area contributed by atoms with Gasteiger partial charge in [0.15, 0.2) is 0 Å².